The number of aryl methyl sites for hydroxylation is 1. The highest BCUT2D eigenvalue weighted by Gasteiger charge is 2.13. The Bertz CT molecular complexity index is 674. The van der Waals surface area contributed by atoms with Crippen LogP contribution in [-0.2, 0) is 0 Å². The second-order valence-electron chi connectivity index (χ2n) is 3.93. The zero-order chi connectivity index (χ0) is 13.8. The van der Waals surface area contributed by atoms with E-state index in [1.54, 1.807) is 25.1 Å². The summed E-state index contributed by atoms with van der Waals surface area (Å²) >= 11 is 0. The van der Waals surface area contributed by atoms with Gasteiger partial charge in [0.25, 0.3) is 0 Å². The number of ether oxygens (including phenoxy) is 1. The minimum absolute atomic E-state index is 0.0818. The van der Waals surface area contributed by atoms with Gasteiger partial charge in [-0.05, 0) is 30.7 Å². The Morgan fingerprint density at radius 1 is 1.26 bits per heavy atom. The van der Waals surface area contributed by atoms with E-state index in [9.17, 15) is 9.18 Å². The molecule has 3 nitrogen and oxygen atoms in total. The van der Waals surface area contributed by atoms with Crippen LogP contribution in [0.3, 0.4) is 0 Å². The van der Waals surface area contributed by atoms with E-state index in [0.717, 1.165) is 5.56 Å². The van der Waals surface area contributed by atoms with Gasteiger partial charge in [0.05, 0.1) is 11.1 Å². The maximum Gasteiger partial charge on any atom is 0.180 e. The van der Waals surface area contributed by atoms with Crippen molar-refractivity contribution < 1.29 is 13.9 Å². The zero-order valence-corrected chi connectivity index (χ0v) is 10.2. The molecule has 0 spiro atoms. The molecule has 0 unspecified atom stereocenters. The normalized spacial score (nSPS) is 9.74. The molecule has 0 amide bonds. The maximum atomic E-state index is 13.7. The summed E-state index contributed by atoms with van der Waals surface area (Å²) in [4.78, 5) is 11.0. The van der Waals surface area contributed by atoms with E-state index in [-0.39, 0.29) is 17.1 Å². The first-order valence-corrected chi connectivity index (χ1v) is 5.58. The van der Waals surface area contributed by atoms with Gasteiger partial charge in [0.1, 0.15) is 11.8 Å². The molecule has 0 aliphatic heterocycles. The third-order valence-corrected chi connectivity index (χ3v) is 2.70. The number of hydrogen-bond donors (Lipinski definition) is 0. The number of hydrogen-bond acceptors (Lipinski definition) is 3. The minimum atomic E-state index is -0.641. The molecule has 0 saturated carbocycles. The highest BCUT2D eigenvalue weighted by Crippen LogP contribution is 2.30. The molecule has 0 N–H and O–H groups in total. The Kier molecular flexibility index (Phi) is 3.58. The molecule has 19 heavy (non-hydrogen) atoms. The first-order chi connectivity index (χ1) is 9.17. The molecule has 4 heteroatoms. The fraction of sp³-hybridized carbons (Fsp3) is 0.0667. The number of nitrogens with zero attached hydrogens (tertiary/aromatic N) is 1. The van der Waals surface area contributed by atoms with Gasteiger partial charge >= 0.3 is 0 Å². The van der Waals surface area contributed by atoms with Gasteiger partial charge in [0.15, 0.2) is 17.9 Å². The molecule has 0 atom stereocenters. The fourth-order valence-electron chi connectivity index (χ4n) is 1.70. The van der Waals surface area contributed by atoms with Gasteiger partial charge in [-0.25, -0.2) is 4.39 Å². The summed E-state index contributed by atoms with van der Waals surface area (Å²) in [6.45, 7) is 1.75. The largest absolute Gasteiger partial charge is 0.452 e. The molecule has 94 valence electrons. The summed E-state index contributed by atoms with van der Waals surface area (Å²) in [7, 11) is 0. The van der Waals surface area contributed by atoms with Crippen LogP contribution in [0.1, 0.15) is 21.5 Å². The summed E-state index contributed by atoms with van der Waals surface area (Å²) < 4.78 is 19.1. The maximum absolute atomic E-state index is 13.7. The summed E-state index contributed by atoms with van der Waals surface area (Å²) in [6, 6.07) is 10.9. The SMILES string of the molecule is Cc1cccc(Oc2c(F)cccc2C#N)c1C=O. The Labute approximate surface area is 109 Å². The average molecular weight is 255 g/mol. The first-order valence-electron chi connectivity index (χ1n) is 5.58. The quantitative estimate of drug-likeness (QED) is 0.787. The lowest BCUT2D eigenvalue weighted by atomic mass is 10.1. The molecular weight excluding hydrogens is 245 g/mol. The van der Waals surface area contributed by atoms with Crippen LogP contribution in [-0.4, -0.2) is 6.29 Å². The molecule has 2 aromatic rings. The molecule has 0 aromatic heterocycles. The molecule has 0 aliphatic rings. The van der Waals surface area contributed by atoms with Crippen LogP contribution in [0.4, 0.5) is 4.39 Å². The van der Waals surface area contributed by atoms with Crippen molar-refractivity contribution in [2.24, 2.45) is 0 Å². The molecule has 0 bridgehead atoms. The predicted octanol–water partition coefficient (Wildman–Crippen LogP) is 3.61. The van der Waals surface area contributed by atoms with Crippen LogP contribution in [0.5, 0.6) is 11.5 Å². The van der Waals surface area contributed by atoms with Gasteiger partial charge in [-0.15, -0.1) is 0 Å². The number of carbonyl (C=O) groups excluding carboxylic acids is 1. The van der Waals surface area contributed by atoms with Crippen molar-refractivity contribution in [3.05, 3.63) is 58.9 Å². The van der Waals surface area contributed by atoms with Crippen LogP contribution in [0, 0.1) is 24.1 Å². The average Bonchev–Trinajstić information content (AvgIpc) is 2.41. The Balaban J connectivity index is 2.51. The number of nitriles is 1. The molecular formula is C15H10FNO2. The van der Waals surface area contributed by atoms with Crippen LogP contribution in [0.25, 0.3) is 0 Å². The van der Waals surface area contributed by atoms with Crippen LogP contribution in [0.15, 0.2) is 36.4 Å². The van der Waals surface area contributed by atoms with Gasteiger partial charge in [0.2, 0.25) is 0 Å². The van der Waals surface area contributed by atoms with Crippen molar-refractivity contribution >= 4 is 6.29 Å². The summed E-state index contributed by atoms with van der Waals surface area (Å²) in [5.74, 6) is -0.576. The van der Waals surface area contributed by atoms with E-state index in [1.807, 2.05) is 6.07 Å². The lowest BCUT2D eigenvalue weighted by molar-refractivity contribution is 0.112. The van der Waals surface area contributed by atoms with Gasteiger partial charge in [-0.3, -0.25) is 4.79 Å². The van der Waals surface area contributed by atoms with E-state index in [2.05, 4.69) is 0 Å². The minimum Gasteiger partial charge on any atom is -0.452 e. The zero-order valence-electron chi connectivity index (χ0n) is 10.2. The summed E-state index contributed by atoms with van der Waals surface area (Å²) in [5.41, 5.74) is 1.15. The van der Waals surface area contributed by atoms with Crippen molar-refractivity contribution in [1.82, 2.24) is 0 Å². The number of rotatable bonds is 3. The molecule has 0 heterocycles. The monoisotopic (exact) mass is 255 g/mol. The fourth-order valence-corrected chi connectivity index (χ4v) is 1.70. The number of para-hydroxylation sites is 1. The summed E-state index contributed by atoms with van der Waals surface area (Å²) in [6.07, 6.45) is 0.650. The lowest BCUT2D eigenvalue weighted by Gasteiger charge is -2.11. The molecule has 0 aliphatic carbocycles. The van der Waals surface area contributed by atoms with Gasteiger partial charge in [-0.2, -0.15) is 5.26 Å². The van der Waals surface area contributed by atoms with E-state index >= 15 is 0 Å². The van der Waals surface area contributed by atoms with Crippen molar-refractivity contribution in [3.63, 3.8) is 0 Å². The van der Waals surface area contributed by atoms with Crippen LogP contribution >= 0.6 is 0 Å². The van der Waals surface area contributed by atoms with Crippen LogP contribution in [0.2, 0.25) is 0 Å². The lowest BCUT2D eigenvalue weighted by Crippen LogP contribution is -1.97. The van der Waals surface area contributed by atoms with E-state index in [0.29, 0.717) is 11.8 Å². The topological polar surface area (TPSA) is 50.1 Å². The number of aldehydes is 1. The second kappa shape index (κ2) is 5.32. The van der Waals surface area contributed by atoms with E-state index < -0.39 is 5.82 Å². The highest BCUT2D eigenvalue weighted by atomic mass is 19.1. The van der Waals surface area contributed by atoms with Crippen LogP contribution < -0.4 is 4.74 Å². The molecule has 0 fully saturated rings. The number of benzene rings is 2. The predicted molar refractivity (Wildman–Crippen MR) is 67.8 cm³/mol. The van der Waals surface area contributed by atoms with Crippen molar-refractivity contribution in [3.8, 4) is 17.6 Å². The molecule has 2 aromatic carbocycles. The molecule has 0 saturated heterocycles. The van der Waals surface area contributed by atoms with Gasteiger partial charge in [0, 0.05) is 0 Å². The standard InChI is InChI=1S/C15H10FNO2/c1-10-4-2-7-14(12(10)9-18)19-15-11(8-17)5-3-6-13(15)16/h2-7,9H,1H3. The van der Waals surface area contributed by atoms with Crippen molar-refractivity contribution in [1.29, 1.82) is 5.26 Å². The number of halogens is 1. The third kappa shape index (κ3) is 2.45. The van der Waals surface area contributed by atoms with E-state index in [1.165, 1.54) is 18.2 Å². The molecule has 0 radical (unpaired) electrons. The first kappa shape index (κ1) is 12.8. The van der Waals surface area contributed by atoms with Gasteiger partial charge < -0.3 is 4.74 Å². The number of carbonyl (C=O) groups is 1. The van der Waals surface area contributed by atoms with Gasteiger partial charge in [-0.1, -0.05) is 18.2 Å². The second-order valence-corrected chi connectivity index (χ2v) is 3.93. The van der Waals surface area contributed by atoms with E-state index in [4.69, 9.17) is 10.00 Å². The Morgan fingerprint density at radius 3 is 2.68 bits per heavy atom. The summed E-state index contributed by atoms with van der Waals surface area (Å²) in [5, 5.41) is 8.94. The Hall–Kier alpha value is -2.67. The molecule has 2 rings (SSSR count). The van der Waals surface area contributed by atoms with Crippen molar-refractivity contribution in [2.75, 3.05) is 0 Å². The highest BCUT2D eigenvalue weighted by molar-refractivity contribution is 5.81. The third-order valence-electron chi connectivity index (χ3n) is 2.70. The Morgan fingerprint density at radius 2 is 2.00 bits per heavy atom. The smallest absolute Gasteiger partial charge is 0.180 e. The van der Waals surface area contributed by atoms with Crippen molar-refractivity contribution in [2.45, 2.75) is 6.92 Å².